The number of carboxylic acid groups (broad SMARTS) is 1. The second kappa shape index (κ2) is 11.7. The van der Waals surface area contributed by atoms with Gasteiger partial charge in [0, 0.05) is 23.1 Å². The van der Waals surface area contributed by atoms with Gasteiger partial charge in [-0.3, -0.25) is 19.1 Å². The molecule has 0 unspecified atom stereocenters. The Kier molecular flexibility index (Phi) is 8.01. The minimum atomic E-state index is -1.48. The average molecular weight is 602 g/mol. The van der Waals surface area contributed by atoms with Crippen LogP contribution in [-0.4, -0.2) is 43.5 Å². The van der Waals surface area contributed by atoms with Crippen LogP contribution in [0, 0.1) is 18.5 Å². The van der Waals surface area contributed by atoms with E-state index in [2.05, 4.69) is 63.8 Å². The number of aliphatic carboxylic acids is 1. The number of nitrogens with two attached hydrogens (primary N) is 1. The quantitative estimate of drug-likeness (QED) is 0.197. The Morgan fingerprint density at radius 3 is 2.29 bits per heavy atom. The number of fused-ring (bicyclic) bond motifs is 2. The highest BCUT2D eigenvalue weighted by atomic mass is 32.1. The molecular weight excluding hydrogens is 574 g/mol. The molecular formula is C30H27N5O5S2. The van der Waals surface area contributed by atoms with Gasteiger partial charge in [0.05, 0.1) is 13.0 Å². The zero-order valence-corrected chi connectivity index (χ0v) is 24.3. The van der Waals surface area contributed by atoms with Crippen molar-refractivity contribution in [3.8, 4) is 0 Å². The van der Waals surface area contributed by atoms with Gasteiger partial charge in [-0.05, 0) is 36.1 Å². The monoisotopic (exact) mass is 601 g/mol. The molecule has 4 aromatic rings. The SMILES string of the molecule is Cc1ccc2c(c1)C=Cc1cc(C)ccc1C2c1cn(Cc2nc(C(=O)N[C@@H](CC(N)=O)C(=O)O)cs2)c(=O)[nH]c1=S. The maximum atomic E-state index is 13.0. The van der Waals surface area contributed by atoms with Gasteiger partial charge in [0.15, 0.2) is 0 Å². The molecule has 0 spiro atoms. The maximum absolute atomic E-state index is 13.0. The van der Waals surface area contributed by atoms with E-state index in [-0.39, 0.29) is 18.2 Å². The molecule has 2 aromatic heterocycles. The van der Waals surface area contributed by atoms with Gasteiger partial charge in [-0.2, -0.15) is 0 Å². The van der Waals surface area contributed by atoms with Crippen molar-refractivity contribution in [3.63, 3.8) is 0 Å². The average Bonchev–Trinajstić information content (AvgIpc) is 3.33. The van der Waals surface area contributed by atoms with Crippen LogP contribution in [0.25, 0.3) is 12.2 Å². The van der Waals surface area contributed by atoms with Gasteiger partial charge in [-0.1, -0.05) is 71.9 Å². The van der Waals surface area contributed by atoms with Crippen LogP contribution in [0.4, 0.5) is 0 Å². The van der Waals surface area contributed by atoms with E-state index < -0.39 is 35.9 Å². The molecule has 10 nitrogen and oxygen atoms in total. The first-order valence-corrected chi connectivity index (χ1v) is 14.3. The first kappa shape index (κ1) is 28.8. The molecule has 0 saturated carbocycles. The summed E-state index contributed by atoms with van der Waals surface area (Å²) < 4.78 is 1.79. The van der Waals surface area contributed by atoms with Gasteiger partial charge in [0.25, 0.3) is 5.91 Å². The number of aromatic nitrogens is 3. The largest absolute Gasteiger partial charge is 0.480 e. The number of primary amides is 1. The third-order valence-electron chi connectivity index (χ3n) is 7.00. The van der Waals surface area contributed by atoms with E-state index in [0.717, 1.165) is 50.3 Å². The van der Waals surface area contributed by atoms with E-state index in [1.54, 1.807) is 6.20 Å². The Labute approximate surface area is 249 Å². The first-order valence-electron chi connectivity index (χ1n) is 13.0. The van der Waals surface area contributed by atoms with E-state index in [1.165, 1.54) is 9.95 Å². The standard InChI is InChI=1S/C30H27N5O5S2/c1-15-3-7-19-17(9-15)5-6-18-10-16(2)4-8-20(18)26(19)21-12-35(30(40)34-28(21)41)13-25-32-23(14-42-25)27(37)33-22(29(38)39)11-24(31)36/h3-10,12,14,22,26H,11,13H2,1-2H3,(H2,31,36)(H,33,37)(H,38,39)(H,34,40,41)/t22-/m0/s1. The fourth-order valence-corrected chi connectivity index (χ4v) is 6.03. The van der Waals surface area contributed by atoms with Crippen molar-refractivity contribution < 1.29 is 19.5 Å². The molecule has 5 rings (SSSR count). The molecule has 2 heterocycles. The van der Waals surface area contributed by atoms with Crippen LogP contribution in [-0.2, 0) is 16.1 Å². The Morgan fingerprint density at radius 1 is 1.10 bits per heavy atom. The van der Waals surface area contributed by atoms with Crippen molar-refractivity contribution in [1.29, 1.82) is 0 Å². The number of thiazole rings is 1. The van der Waals surface area contributed by atoms with Crippen LogP contribution in [0.1, 0.15) is 66.8 Å². The lowest BCUT2D eigenvalue weighted by Gasteiger charge is -2.22. The van der Waals surface area contributed by atoms with E-state index in [0.29, 0.717) is 9.65 Å². The molecule has 1 atom stereocenters. The Hall–Kier alpha value is -4.68. The highest BCUT2D eigenvalue weighted by Crippen LogP contribution is 2.39. The van der Waals surface area contributed by atoms with E-state index in [1.807, 2.05) is 13.8 Å². The number of carboxylic acids is 1. The molecule has 0 radical (unpaired) electrons. The highest BCUT2D eigenvalue weighted by molar-refractivity contribution is 7.71. The summed E-state index contributed by atoms with van der Waals surface area (Å²) in [5.74, 6) is -3.27. The molecule has 1 aliphatic rings. The molecule has 42 heavy (non-hydrogen) atoms. The first-order chi connectivity index (χ1) is 20.0. The summed E-state index contributed by atoms with van der Waals surface area (Å²) in [7, 11) is 0. The maximum Gasteiger partial charge on any atom is 0.326 e. The lowest BCUT2D eigenvalue weighted by Crippen LogP contribution is -2.43. The third-order valence-corrected chi connectivity index (χ3v) is 8.17. The molecule has 2 aromatic carbocycles. The van der Waals surface area contributed by atoms with E-state index in [9.17, 15) is 24.3 Å². The van der Waals surface area contributed by atoms with Gasteiger partial charge < -0.3 is 16.2 Å². The summed E-state index contributed by atoms with van der Waals surface area (Å²) in [6.45, 7) is 4.13. The number of hydrogen-bond acceptors (Lipinski definition) is 7. The number of H-pyrrole nitrogens is 1. The Bertz CT molecular complexity index is 1830. The number of aryl methyl sites for hydroxylation is 2. The molecule has 214 valence electrons. The minimum absolute atomic E-state index is 0.0358. The number of amides is 2. The number of nitrogens with zero attached hydrogens (tertiary/aromatic N) is 2. The topological polar surface area (TPSA) is 160 Å². The normalized spacial score (nSPS) is 13.1. The molecule has 1 aliphatic carbocycles. The van der Waals surface area contributed by atoms with Crippen LogP contribution >= 0.6 is 23.6 Å². The van der Waals surface area contributed by atoms with Gasteiger partial charge in [-0.25, -0.2) is 14.6 Å². The molecule has 0 bridgehead atoms. The van der Waals surface area contributed by atoms with E-state index in [4.69, 9.17) is 18.0 Å². The van der Waals surface area contributed by atoms with Crippen molar-refractivity contribution in [3.05, 3.63) is 113 Å². The summed E-state index contributed by atoms with van der Waals surface area (Å²) in [6.07, 6.45) is 5.38. The van der Waals surface area contributed by atoms with Crippen LogP contribution in [0.15, 0.2) is 52.8 Å². The van der Waals surface area contributed by atoms with E-state index >= 15 is 0 Å². The van der Waals surface area contributed by atoms with Crippen LogP contribution in [0.3, 0.4) is 0 Å². The summed E-state index contributed by atoms with van der Waals surface area (Å²) in [5, 5.41) is 13.4. The number of benzene rings is 2. The fraction of sp³-hybridized carbons (Fsp3) is 0.200. The second-order valence-corrected chi connectivity index (χ2v) is 11.5. The van der Waals surface area contributed by atoms with Crippen molar-refractivity contribution in [2.75, 3.05) is 0 Å². The predicted molar refractivity (Wildman–Crippen MR) is 162 cm³/mol. The van der Waals surface area contributed by atoms with Crippen molar-refractivity contribution in [2.24, 2.45) is 5.73 Å². The summed E-state index contributed by atoms with van der Waals surface area (Å²) in [5.41, 5.74) is 11.9. The molecule has 0 aliphatic heterocycles. The summed E-state index contributed by atoms with van der Waals surface area (Å²) >= 11 is 6.83. The number of nitrogens with one attached hydrogen (secondary N) is 2. The van der Waals surface area contributed by atoms with Crippen molar-refractivity contribution >= 4 is 53.5 Å². The predicted octanol–water partition coefficient (Wildman–Crippen LogP) is 3.75. The lowest BCUT2D eigenvalue weighted by molar-refractivity contribution is -0.140. The Morgan fingerprint density at radius 2 is 1.71 bits per heavy atom. The zero-order valence-electron chi connectivity index (χ0n) is 22.7. The van der Waals surface area contributed by atoms with Gasteiger partial charge in [-0.15, -0.1) is 11.3 Å². The number of rotatable bonds is 8. The second-order valence-electron chi connectivity index (χ2n) is 10.2. The van der Waals surface area contributed by atoms with Gasteiger partial charge >= 0.3 is 11.7 Å². The van der Waals surface area contributed by atoms with Crippen molar-refractivity contribution in [1.82, 2.24) is 19.9 Å². The zero-order chi connectivity index (χ0) is 30.1. The molecule has 5 N–H and O–H groups in total. The molecule has 0 fully saturated rings. The summed E-state index contributed by atoms with van der Waals surface area (Å²) in [4.78, 5) is 55.3. The van der Waals surface area contributed by atoms with Crippen molar-refractivity contribution in [2.45, 2.75) is 38.8 Å². The Balaban J connectivity index is 1.50. The number of aromatic amines is 1. The minimum Gasteiger partial charge on any atom is -0.480 e. The lowest BCUT2D eigenvalue weighted by atomic mass is 9.83. The number of carbonyl (C=O) groups excluding carboxylic acids is 2. The number of hydrogen-bond donors (Lipinski definition) is 4. The third kappa shape index (κ3) is 5.99. The van der Waals surface area contributed by atoms with Crippen LogP contribution < -0.4 is 16.7 Å². The molecule has 0 saturated heterocycles. The van der Waals surface area contributed by atoms with Crippen LogP contribution in [0.5, 0.6) is 0 Å². The molecule has 2 amide bonds. The smallest absolute Gasteiger partial charge is 0.326 e. The summed E-state index contributed by atoms with van der Waals surface area (Å²) in [6, 6.07) is 11.1. The highest BCUT2D eigenvalue weighted by Gasteiger charge is 2.27. The van der Waals surface area contributed by atoms with Crippen LogP contribution in [0.2, 0.25) is 0 Å². The van der Waals surface area contributed by atoms with Gasteiger partial charge in [0.2, 0.25) is 5.91 Å². The fourth-order valence-electron chi connectivity index (χ4n) is 5.00. The van der Waals surface area contributed by atoms with Gasteiger partial charge in [0.1, 0.15) is 21.4 Å². The molecule has 12 heteroatoms. The number of carbonyl (C=O) groups is 3.